The lowest BCUT2D eigenvalue weighted by Crippen LogP contribution is -2.30. The molecule has 0 radical (unpaired) electrons. The van der Waals surface area contributed by atoms with Crippen LogP contribution in [0.2, 0.25) is 0 Å². The molecule has 0 aliphatic rings. The zero-order chi connectivity index (χ0) is 23.0. The summed E-state index contributed by atoms with van der Waals surface area (Å²) in [6.07, 6.45) is 0. The van der Waals surface area contributed by atoms with E-state index < -0.39 is 11.5 Å². The molecular weight excluding hydrogens is 424 g/mol. The maximum atomic E-state index is 13.0. The Bertz CT molecular complexity index is 1420. The van der Waals surface area contributed by atoms with E-state index in [4.69, 9.17) is 0 Å². The zero-order valence-electron chi connectivity index (χ0n) is 18.2. The standard InChI is InChI=1S/C24H22N4O3S/c1-13-5-10-19(14(2)11-13)21-23-22(25-16(4)32-23)24(31)28(27-21)12-20(30)26-18-8-6-17(7-9-18)15(3)29/h5-11H,12H2,1-4H3,(H,26,30). The second-order valence-corrected chi connectivity index (χ2v) is 8.93. The largest absolute Gasteiger partial charge is 0.324 e. The van der Waals surface area contributed by atoms with Crippen molar-refractivity contribution in [1.82, 2.24) is 14.8 Å². The molecule has 0 fully saturated rings. The van der Waals surface area contributed by atoms with E-state index in [0.717, 1.165) is 31.1 Å². The molecule has 1 N–H and O–H groups in total. The number of benzene rings is 2. The molecule has 4 aromatic rings. The molecule has 7 nitrogen and oxygen atoms in total. The van der Waals surface area contributed by atoms with Crippen LogP contribution in [0.15, 0.2) is 47.3 Å². The Labute approximate surface area is 188 Å². The van der Waals surface area contributed by atoms with E-state index in [2.05, 4.69) is 21.5 Å². The first-order valence-corrected chi connectivity index (χ1v) is 10.9. The highest BCUT2D eigenvalue weighted by molar-refractivity contribution is 7.19. The molecule has 0 unspecified atom stereocenters. The highest BCUT2D eigenvalue weighted by atomic mass is 32.1. The number of nitrogens with one attached hydrogen (secondary N) is 1. The molecule has 0 saturated carbocycles. The molecule has 1 amide bonds. The molecule has 4 rings (SSSR count). The average Bonchev–Trinajstić information content (AvgIpc) is 3.13. The maximum Gasteiger partial charge on any atom is 0.294 e. The molecule has 32 heavy (non-hydrogen) atoms. The number of ketones is 1. The Morgan fingerprint density at radius 3 is 2.44 bits per heavy atom. The Balaban J connectivity index is 1.71. The summed E-state index contributed by atoms with van der Waals surface area (Å²) in [7, 11) is 0. The maximum absolute atomic E-state index is 13.0. The van der Waals surface area contributed by atoms with Crippen molar-refractivity contribution in [1.29, 1.82) is 0 Å². The summed E-state index contributed by atoms with van der Waals surface area (Å²) in [4.78, 5) is 41.5. The number of carbonyl (C=O) groups is 2. The van der Waals surface area contributed by atoms with Gasteiger partial charge in [0.15, 0.2) is 11.3 Å². The highest BCUT2D eigenvalue weighted by Crippen LogP contribution is 2.31. The number of nitrogens with zero attached hydrogens (tertiary/aromatic N) is 3. The summed E-state index contributed by atoms with van der Waals surface area (Å²) in [5, 5.41) is 8.07. The number of carbonyl (C=O) groups excluding carboxylic acids is 2. The van der Waals surface area contributed by atoms with Crippen molar-refractivity contribution in [2.45, 2.75) is 34.2 Å². The van der Waals surface area contributed by atoms with E-state index in [-0.39, 0.29) is 12.3 Å². The number of hydrogen-bond acceptors (Lipinski definition) is 6. The first kappa shape index (κ1) is 21.6. The average molecular weight is 447 g/mol. The predicted octanol–water partition coefficient (Wildman–Crippen LogP) is 4.29. The molecule has 2 aromatic heterocycles. The smallest absolute Gasteiger partial charge is 0.294 e. The first-order valence-electron chi connectivity index (χ1n) is 10.1. The third kappa shape index (κ3) is 4.22. The number of amides is 1. The summed E-state index contributed by atoms with van der Waals surface area (Å²) < 4.78 is 1.88. The molecule has 0 spiro atoms. The van der Waals surface area contributed by atoms with Crippen molar-refractivity contribution >= 4 is 38.9 Å². The summed E-state index contributed by atoms with van der Waals surface area (Å²) in [6.45, 7) is 7.09. The molecule has 0 bridgehead atoms. The molecule has 2 heterocycles. The van der Waals surface area contributed by atoms with Crippen molar-refractivity contribution in [3.63, 3.8) is 0 Å². The van der Waals surface area contributed by atoms with Gasteiger partial charge in [-0.1, -0.05) is 23.8 Å². The van der Waals surface area contributed by atoms with E-state index in [9.17, 15) is 14.4 Å². The molecule has 8 heteroatoms. The third-order valence-electron chi connectivity index (χ3n) is 5.11. The minimum atomic E-state index is -0.403. The van der Waals surface area contributed by atoms with Crippen LogP contribution in [-0.2, 0) is 11.3 Å². The van der Waals surface area contributed by atoms with Gasteiger partial charge < -0.3 is 5.32 Å². The van der Waals surface area contributed by atoms with E-state index in [1.54, 1.807) is 24.3 Å². The molecule has 0 saturated heterocycles. The lowest BCUT2D eigenvalue weighted by Gasteiger charge is -2.11. The quantitative estimate of drug-likeness (QED) is 0.462. The normalized spacial score (nSPS) is 11.0. The van der Waals surface area contributed by atoms with Gasteiger partial charge in [-0.15, -0.1) is 11.3 Å². The van der Waals surface area contributed by atoms with E-state index in [1.807, 2.05) is 32.9 Å². The molecule has 0 aliphatic carbocycles. The van der Waals surface area contributed by atoms with Crippen LogP contribution >= 0.6 is 11.3 Å². The number of rotatable bonds is 5. The second kappa shape index (κ2) is 8.47. The molecule has 2 aromatic carbocycles. The fourth-order valence-electron chi connectivity index (χ4n) is 3.55. The summed E-state index contributed by atoms with van der Waals surface area (Å²) >= 11 is 1.42. The van der Waals surface area contributed by atoms with Gasteiger partial charge in [-0.2, -0.15) is 5.10 Å². The Kier molecular flexibility index (Phi) is 5.71. The van der Waals surface area contributed by atoms with Crippen molar-refractivity contribution in [2.24, 2.45) is 0 Å². The van der Waals surface area contributed by atoms with Crippen LogP contribution in [0.1, 0.15) is 33.4 Å². The fourth-order valence-corrected chi connectivity index (χ4v) is 4.46. The van der Waals surface area contributed by atoms with Gasteiger partial charge in [-0.05, 0) is 57.5 Å². The minimum Gasteiger partial charge on any atom is -0.324 e. The number of anilines is 1. The third-order valence-corrected chi connectivity index (χ3v) is 6.09. The Morgan fingerprint density at radius 1 is 1.06 bits per heavy atom. The topological polar surface area (TPSA) is 93.9 Å². The summed E-state index contributed by atoms with van der Waals surface area (Å²) in [6, 6.07) is 12.6. The summed E-state index contributed by atoms with van der Waals surface area (Å²) in [5.41, 5.74) is 4.71. The van der Waals surface area contributed by atoms with Crippen molar-refractivity contribution in [3.05, 3.63) is 74.5 Å². The van der Waals surface area contributed by atoms with Gasteiger partial charge in [0.2, 0.25) is 5.91 Å². The number of aromatic nitrogens is 3. The number of fused-ring (bicyclic) bond motifs is 1. The SMILES string of the molecule is CC(=O)c1ccc(NC(=O)Cn2nc(-c3ccc(C)cc3C)c3sc(C)nc3c2=O)cc1. The van der Waals surface area contributed by atoms with Crippen molar-refractivity contribution in [2.75, 3.05) is 5.32 Å². The number of Topliss-reactive ketones (excluding diaryl/α,β-unsaturated/α-hetero) is 1. The fraction of sp³-hybridized carbons (Fsp3) is 0.208. The van der Waals surface area contributed by atoms with Crippen LogP contribution in [0.3, 0.4) is 0 Å². The van der Waals surface area contributed by atoms with Crippen LogP contribution in [-0.4, -0.2) is 26.5 Å². The Hall–Kier alpha value is -3.65. The monoisotopic (exact) mass is 446 g/mol. The van der Waals surface area contributed by atoms with Gasteiger partial charge in [0.25, 0.3) is 5.56 Å². The van der Waals surface area contributed by atoms with Gasteiger partial charge in [0, 0.05) is 16.8 Å². The van der Waals surface area contributed by atoms with E-state index in [0.29, 0.717) is 22.5 Å². The van der Waals surface area contributed by atoms with Gasteiger partial charge in [-0.25, -0.2) is 9.67 Å². The van der Waals surface area contributed by atoms with Crippen LogP contribution in [0, 0.1) is 20.8 Å². The van der Waals surface area contributed by atoms with Crippen LogP contribution in [0.25, 0.3) is 21.5 Å². The number of hydrogen-bond donors (Lipinski definition) is 1. The molecular formula is C24H22N4O3S. The van der Waals surface area contributed by atoms with E-state index in [1.165, 1.54) is 18.3 Å². The molecule has 0 aliphatic heterocycles. The first-order chi connectivity index (χ1) is 15.2. The van der Waals surface area contributed by atoms with Gasteiger partial charge in [-0.3, -0.25) is 14.4 Å². The Morgan fingerprint density at radius 2 is 1.78 bits per heavy atom. The zero-order valence-corrected chi connectivity index (χ0v) is 19.0. The van der Waals surface area contributed by atoms with Crippen molar-refractivity contribution in [3.8, 4) is 11.3 Å². The number of aryl methyl sites for hydroxylation is 3. The lowest BCUT2D eigenvalue weighted by molar-refractivity contribution is -0.117. The van der Waals surface area contributed by atoms with Crippen LogP contribution in [0.4, 0.5) is 5.69 Å². The van der Waals surface area contributed by atoms with Gasteiger partial charge in [0.1, 0.15) is 12.2 Å². The molecule has 0 atom stereocenters. The van der Waals surface area contributed by atoms with E-state index >= 15 is 0 Å². The van der Waals surface area contributed by atoms with Crippen LogP contribution < -0.4 is 10.9 Å². The van der Waals surface area contributed by atoms with Gasteiger partial charge >= 0.3 is 0 Å². The summed E-state index contributed by atoms with van der Waals surface area (Å²) in [5.74, 6) is -0.447. The number of thiazole rings is 1. The minimum absolute atomic E-state index is 0.0515. The van der Waals surface area contributed by atoms with Crippen LogP contribution in [0.5, 0.6) is 0 Å². The van der Waals surface area contributed by atoms with Crippen molar-refractivity contribution < 1.29 is 9.59 Å². The highest BCUT2D eigenvalue weighted by Gasteiger charge is 2.19. The van der Waals surface area contributed by atoms with Gasteiger partial charge in [0.05, 0.1) is 9.71 Å². The molecule has 162 valence electrons. The lowest BCUT2D eigenvalue weighted by atomic mass is 10.0. The second-order valence-electron chi connectivity index (χ2n) is 7.72. The predicted molar refractivity (Wildman–Crippen MR) is 126 cm³/mol.